The summed E-state index contributed by atoms with van der Waals surface area (Å²) in [7, 11) is 1.54. The number of rotatable bonds is 10. The van der Waals surface area contributed by atoms with Crippen LogP contribution in [-0.4, -0.2) is 37.3 Å². The first kappa shape index (κ1) is 24.0. The lowest BCUT2D eigenvalue weighted by Crippen LogP contribution is -2.35. The van der Waals surface area contributed by atoms with E-state index < -0.39 is 12.5 Å². The van der Waals surface area contributed by atoms with E-state index in [0.717, 1.165) is 11.3 Å². The van der Waals surface area contributed by atoms with Crippen LogP contribution in [0.4, 0.5) is 8.78 Å². The van der Waals surface area contributed by atoms with Crippen LogP contribution in [-0.2, 0) is 16.1 Å². The van der Waals surface area contributed by atoms with Crippen molar-refractivity contribution in [3.8, 4) is 11.8 Å². The SMILES string of the molecule is C=CCNC(=O)/C(C#N)=c1\s/c(=C\c2ccc(OC(F)F)cc2)c(=O)n1CCCOC. The van der Waals surface area contributed by atoms with Crippen molar-refractivity contribution < 1.29 is 23.0 Å². The highest BCUT2D eigenvalue weighted by Gasteiger charge is 2.15. The molecule has 0 aliphatic carbocycles. The van der Waals surface area contributed by atoms with Gasteiger partial charge in [0, 0.05) is 26.8 Å². The number of carbonyl (C=O) groups is 1. The molecule has 2 rings (SSSR count). The Labute approximate surface area is 181 Å². The molecule has 164 valence electrons. The van der Waals surface area contributed by atoms with Crippen molar-refractivity contribution in [2.24, 2.45) is 0 Å². The molecular formula is C21H21F2N3O4S. The molecular weight excluding hydrogens is 428 g/mol. The lowest BCUT2D eigenvalue weighted by Gasteiger charge is -2.04. The molecule has 2 aromatic rings. The number of halogens is 2. The summed E-state index contributed by atoms with van der Waals surface area (Å²) in [5, 5.41) is 12.1. The molecule has 1 N–H and O–H groups in total. The highest BCUT2D eigenvalue weighted by molar-refractivity contribution is 7.07. The summed E-state index contributed by atoms with van der Waals surface area (Å²) in [4.78, 5) is 25.3. The summed E-state index contributed by atoms with van der Waals surface area (Å²) in [6.07, 6.45) is 3.55. The lowest BCUT2D eigenvalue weighted by atomic mass is 10.2. The zero-order chi connectivity index (χ0) is 22.8. The van der Waals surface area contributed by atoms with Gasteiger partial charge < -0.3 is 14.8 Å². The topological polar surface area (TPSA) is 93.4 Å². The van der Waals surface area contributed by atoms with Gasteiger partial charge in [0.05, 0.1) is 4.53 Å². The monoisotopic (exact) mass is 449 g/mol. The Morgan fingerprint density at radius 1 is 1.39 bits per heavy atom. The lowest BCUT2D eigenvalue weighted by molar-refractivity contribution is -0.115. The fourth-order valence-corrected chi connectivity index (χ4v) is 3.75. The molecule has 0 atom stereocenters. The number of hydrogen-bond donors (Lipinski definition) is 1. The normalized spacial score (nSPS) is 12.4. The van der Waals surface area contributed by atoms with Gasteiger partial charge in [-0.1, -0.05) is 18.2 Å². The molecule has 0 fully saturated rings. The zero-order valence-electron chi connectivity index (χ0n) is 16.8. The Bertz CT molecular complexity index is 1130. The third-order valence-corrected chi connectivity index (χ3v) is 5.13. The van der Waals surface area contributed by atoms with E-state index in [4.69, 9.17) is 4.74 Å². The summed E-state index contributed by atoms with van der Waals surface area (Å²) >= 11 is 1.00. The first-order valence-electron chi connectivity index (χ1n) is 9.20. The molecule has 0 bridgehead atoms. The molecule has 1 aromatic heterocycles. The minimum atomic E-state index is -2.93. The van der Waals surface area contributed by atoms with Gasteiger partial charge in [0.1, 0.15) is 16.5 Å². The summed E-state index contributed by atoms with van der Waals surface area (Å²) in [5.41, 5.74) is 0.0279. The molecule has 0 aliphatic rings. The molecule has 7 nitrogen and oxygen atoms in total. The fraction of sp³-hybridized carbons (Fsp3) is 0.286. The van der Waals surface area contributed by atoms with E-state index in [9.17, 15) is 23.6 Å². The van der Waals surface area contributed by atoms with E-state index in [-0.39, 0.29) is 34.6 Å². The third kappa shape index (κ3) is 6.60. The van der Waals surface area contributed by atoms with Crippen molar-refractivity contribution in [1.29, 1.82) is 5.26 Å². The number of nitrogens with one attached hydrogen (secondary N) is 1. The maximum absolute atomic E-state index is 13.0. The first-order valence-corrected chi connectivity index (χ1v) is 10.0. The number of benzene rings is 1. The van der Waals surface area contributed by atoms with Crippen LogP contribution in [0.3, 0.4) is 0 Å². The van der Waals surface area contributed by atoms with E-state index in [1.807, 2.05) is 6.07 Å². The predicted molar refractivity (Wildman–Crippen MR) is 113 cm³/mol. The van der Waals surface area contributed by atoms with Crippen LogP contribution in [0.15, 0.2) is 41.7 Å². The maximum atomic E-state index is 13.0. The van der Waals surface area contributed by atoms with Crippen LogP contribution in [0.25, 0.3) is 11.6 Å². The van der Waals surface area contributed by atoms with Crippen molar-refractivity contribution in [2.45, 2.75) is 19.6 Å². The molecule has 0 unspecified atom stereocenters. The number of nitrogens with zero attached hydrogens (tertiary/aromatic N) is 2. The number of hydrogen-bond acceptors (Lipinski definition) is 6. The molecule has 31 heavy (non-hydrogen) atoms. The van der Waals surface area contributed by atoms with Gasteiger partial charge in [0.25, 0.3) is 11.5 Å². The van der Waals surface area contributed by atoms with Crippen LogP contribution in [0.2, 0.25) is 0 Å². The highest BCUT2D eigenvalue weighted by atomic mass is 32.1. The number of carbonyl (C=O) groups excluding carboxylic acids is 1. The Morgan fingerprint density at radius 2 is 2.10 bits per heavy atom. The summed E-state index contributed by atoms with van der Waals surface area (Å²) < 4.78 is 35.8. The van der Waals surface area contributed by atoms with Crippen LogP contribution in [0, 0.1) is 11.3 Å². The van der Waals surface area contributed by atoms with Crippen molar-refractivity contribution in [3.05, 3.63) is 62.0 Å². The number of aromatic nitrogens is 1. The quantitative estimate of drug-likeness (QED) is 0.437. The summed E-state index contributed by atoms with van der Waals surface area (Å²) in [6.45, 7) is 1.42. The van der Waals surface area contributed by atoms with E-state index in [1.54, 1.807) is 6.08 Å². The molecule has 10 heteroatoms. The van der Waals surface area contributed by atoms with Crippen LogP contribution in [0.1, 0.15) is 12.0 Å². The molecule has 0 radical (unpaired) electrons. The Morgan fingerprint density at radius 3 is 2.68 bits per heavy atom. The molecule has 1 heterocycles. The van der Waals surface area contributed by atoms with Gasteiger partial charge in [-0.05, 0) is 30.2 Å². The highest BCUT2D eigenvalue weighted by Crippen LogP contribution is 2.15. The first-order chi connectivity index (χ1) is 14.9. The van der Waals surface area contributed by atoms with Crippen LogP contribution < -0.4 is 24.8 Å². The van der Waals surface area contributed by atoms with E-state index >= 15 is 0 Å². The number of thiazole rings is 1. The second-order valence-electron chi connectivity index (χ2n) is 6.15. The fourth-order valence-electron chi connectivity index (χ4n) is 2.62. The van der Waals surface area contributed by atoms with Gasteiger partial charge >= 0.3 is 6.61 Å². The van der Waals surface area contributed by atoms with Crippen molar-refractivity contribution in [3.63, 3.8) is 0 Å². The molecule has 0 spiro atoms. The Kier molecular flexibility index (Phi) is 9.12. The largest absolute Gasteiger partial charge is 0.435 e. The molecule has 1 amide bonds. The molecule has 0 saturated heterocycles. The van der Waals surface area contributed by atoms with Crippen molar-refractivity contribution in [1.82, 2.24) is 9.88 Å². The van der Waals surface area contributed by atoms with Crippen molar-refractivity contribution in [2.75, 3.05) is 20.3 Å². The van der Waals surface area contributed by atoms with Gasteiger partial charge in [0.15, 0.2) is 5.57 Å². The van der Waals surface area contributed by atoms with Gasteiger partial charge in [-0.3, -0.25) is 14.2 Å². The third-order valence-electron chi connectivity index (χ3n) is 4.00. The summed E-state index contributed by atoms with van der Waals surface area (Å²) in [6, 6.07) is 7.65. The minimum Gasteiger partial charge on any atom is -0.435 e. The van der Waals surface area contributed by atoms with Gasteiger partial charge in [-0.15, -0.1) is 17.9 Å². The molecule has 0 saturated carbocycles. The minimum absolute atomic E-state index is 0.00464. The molecule has 0 aliphatic heterocycles. The van der Waals surface area contributed by atoms with Gasteiger partial charge in [0.2, 0.25) is 0 Å². The number of amides is 1. The second kappa shape index (κ2) is 11.8. The van der Waals surface area contributed by atoms with Gasteiger partial charge in [-0.25, -0.2) is 0 Å². The number of ether oxygens (including phenoxy) is 2. The van der Waals surface area contributed by atoms with E-state index in [2.05, 4.69) is 16.6 Å². The Balaban J connectivity index is 2.58. The average molecular weight is 449 g/mol. The number of alkyl halides is 2. The Hall–Kier alpha value is -3.29. The van der Waals surface area contributed by atoms with E-state index in [1.165, 1.54) is 42.0 Å². The molecule has 1 aromatic carbocycles. The van der Waals surface area contributed by atoms with Crippen molar-refractivity contribution >= 4 is 28.9 Å². The van der Waals surface area contributed by atoms with E-state index in [0.29, 0.717) is 23.1 Å². The summed E-state index contributed by atoms with van der Waals surface area (Å²) in [5.74, 6) is -0.612. The number of methoxy groups -OCH3 is 1. The predicted octanol–water partition coefficient (Wildman–Crippen LogP) is 1.35. The maximum Gasteiger partial charge on any atom is 0.387 e. The second-order valence-corrected chi connectivity index (χ2v) is 7.18. The smallest absolute Gasteiger partial charge is 0.387 e. The number of nitriles is 1. The standard InChI is InChI=1S/C21H21F2N3O4S/c1-3-9-25-18(27)16(13-24)20-26(10-4-11-29-2)19(28)17(31-20)12-14-5-7-15(8-6-14)30-21(22)23/h3,5-8,12,21H,1,4,9-11H2,2H3,(H,25,27)/b17-12-,20-16-. The zero-order valence-corrected chi connectivity index (χ0v) is 17.6. The van der Waals surface area contributed by atoms with Crippen LogP contribution >= 0.6 is 11.3 Å². The van der Waals surface area contributed by atoms with Gasteiger partial charge in [-0.2, -0.15) is 14.0 Å². The average Bonchev–Trinajstić information content (AvgIpc) is 3.03. The van der Waals surface area contributed by atoms with Crippen LogP contribution in [0.5, 0.6) is 5.75 Å².